The van der Waals surface area contributed by atoms with Gasteiger partial charge in [0.05, 0.1) is 6.54 Å². The molecule has 1 amide bonds. The molecule has 0 aromatic heterocycles. The predicted molar refractivity (Wildman–Crippen MR) is 73.6 cm³/mol. The van der Waals surface area contributed by atoms with E-state index in [0.717, 1.165) is 5.70 Å². The molecule has 0 bridgehead atoms. The standard InChI is InChI=1S/C11H19BN2O.C2H6/c1-8(2)14-9(3)11(4,5)7-13(12)6-10(14)15;1-2/h8H,3,6-7H2,1-2,4-5H3;1-2H3. The van der Waals surface area contributed by atoms with Gasteiger partial charge in [0.25, 0.3) is 0 Å². The maximum Gasteiger partial charge on any atom is 0.240 e. The zero-order valence-corrected chi connectivity index (χ0v) is 12.1. The molecule has 0 aromatic rings. The van der Waals surface area contributed by atoms with Crippen molar-refractivity contribution >= 4 is 13.9 Å². The Labute approximate surface area is 107 Å². The highest BCUT2D eigenvalue weighted by Crippen LogP contribution is 2.32. The molecule has 0 spiro atoms. The van der Waals surface area contributed by atoms with Gasteiger partial charge in [-0.2, -0.15) is 0 Å². The van der Waals surface area contributed by atoms with E-state index in [9.17, 15) is 4.79 Å². The molecule has 0 aromatic carbocycles. The summed E-state index contributed by atoms with van der Waals surface area (Å²) in [7, 11) is 5.77. The Bertz CT molecular complexity index is 287. The Morgan fingerprint density at radius 2 is 1.82 bits per heavy atom. The van der Waals surface area contributed by atoms with E-state index < -0.39 is 0 Å². The second-order valence-corrected chi connectivity index (χ2v) is 5.09. The van der Waals surface area contributed by atoms with Crippen LogP contribution in [-0.2, 0) is 4.79 Å². The predicted octanol–water partition coefficient (Wildman–Crippen LogP) is 2.19. The summed E-state index contributed by atoms with van der Waals surface area (Å²) in [5.41, 5.74) is 0.695. The van der Waals surface area contributed by atoms with Gasteiger partial charge in [0.15, 0.2) is 7.98 Å². The van der Waals surface area contributed by atoms with Crippen LogP contribution in [0, 0.1) is 5.41 Å². The van der Waals surface area contributed by atoms with Crippen LogP contribution >= 0.6 is 0 Å². The SMILES string of the molecule is CC.[B]N1CC(=O)N(C(C)C)C(=C)C(C)(C)C1. The van der Waals surface area contributed by atoms with E-state index in [1.54, 1.807) is 9.71 Å². The summed E-state index contributed by atoms with van der Waals surface area (Å²) >= 11 is 0. The molecule has 0 aliphatic carbocycles. The fourth-order valence-electron chi connectivity index (χ4n) is 1.98. The first-order valence-electron chi connectivity index (χ1n) is 6.27. The second-order valence-electron chi connectivity index (χ2n) is 5.09. The summed E-state index contributed by atoms with van der Waals surface area (Å²) in [5, 5.41) is 0. The van der Waals surface area contributed by atoms with E-state index in [0.29, 0.717) is 6.54 Å². The van der Waals surface area contributed by atoms with Crippen molar-refractivity contribution in [3.8, 4) is 0 Å². The number of carbonyl (C=O) groups is 1. The molecule has 2 radical (unpaired) electrons. The minimum absolute atomic E-state index is 0.0306. The van der Waals surface area contributed by atoms with Crippen molar-refractivity contribution in [3.05, 3.63) is 12.3 Å². The number of amides is 1. The van der Waals surface area contributed by atoms with Crippen molar-refractivity contribution in [2.45, 2.75) is 47.6 Å². The van der Waals surface area contributed by atoms with E-state index in [1.165, 1.54) is 0 Å². The largest absolute Gasteiger partial charge is 0.345 e. The lowest BCUT2D eigenvalue weighted by atomic mass is 9.88. The first-order chi connectivity index (χ1) is 7.75. The normalized spacial score (nSPS) is 21.0. The summed E-state index contributed by atoms with van der Waals surface area (Å²) in [6, 6.07) is 0.135. The van der Waals surface area contributed by atoms with Crippen LogP contribution in [0.2, 0.25) is 0 Å². The molecule has 1 heterocycles. The van der Waals surface area contributed by atoms with Gasteiger partial charge in [0.1, 0.15) is 0 Å². The van der Waals surface area contributed by atoms with Gasteiger partial charge in [0.2, 0.25) is 5.91 Å². The Morgan fingerprint density at radius 3 is 2.24 bits per heavy atom. The number of carbonyl (C=O) groups excluding carboxylic acids is 1. The van der Waals surface area contributed by atoms with Crippen LogP contribution in [0.15, 0.2) is 12.3 Å². The van der Waals surface area contributed by atoms with Crippen molar-refractivity contribution in [1.29, 1.82) is 0 Å². The van der Waals surface area contributed by atoms with Crippen molar-refractivity contribution in [2.24, 2.45) is 5.41 Å². The molecule has 1 aliphatic heterocycles. The summed E-state index contributed by atoms with van der Waals surface area (Å²) in [6.07, 6.45) is 0. The molecule has 0 N–H and O–H groups in total. The average molecular weight is 236 g/mol. The van der Waals surface area contributed by atoms with Crippen LogP contribution in [0.4, 0.5) is 0 Å². The lowest BCUT2D eigenvalue weighted by Crippen LogP contribution is -2.40. The molecule has 0 atom stereocenters. The van der Waals surface area contributed by atoms with Crippen LogP contribution in [-0.4, -0.2) is 42.7 Å². The van der Waals surface area contributed by atoms with Crippen molar-refractivity contribution in [1.82, 2.24) is 9.71 Å². The van der Waals surface area contributed by atoms with Crippen LogP contribution in [0.5, 0.6) is 0 Å². The molecular weight excluding hydrogens is 211 g/mol. The van der Waals surface area contributed by atoms with E-state index in [1.807, 2.05) is 27.7 Å². The first kappa shape index (κ1) is 16.2. The van der Waals surface area contributed by atoms with Crippen LogP contribution in [0.1, 0.15) is 41.5 Å². The second kappa shape index (κ2) is 6.24. The molecule has 1 saturated heterocycles. The quantitative estimate of drug-likeness (QED) is 0.651. The number of nitrogens with zero attached hydrogens (tertiary/aromatic N) is 2. The molecule has 17 heavy (non-hydrogen) atoms. The molecule has 1 aliphatic rings. The highest BCUT2D eigenvalue weighted by Gasteiger charge is 2.35. The maximum atomic E-state index is 11.9. The summed E-state index contributed by atoms with van der Waals surface area (Å²) in [4.78, 5) is 15.2. The van der Waals surface area contributed by atoms with Crippen LogP contribution in [0.3, 0.4) is 0 Å². The zero-order valence-electron chi connectivity index (χ0n) is 12.1. The molecule has 1 rings (SSSR count). The van der Waals surface area contributed by atoms with Gasteiger partial charge < -0.3 is 9.71 Å². The van der Waals surface area contributed by atoms with Crippen LogP contribution in [0.25, 0.3) is 0 Å². The third-order valence-electron chi connectivity index (χ3n) is 2.79. The zero-order chi connectivity index (χ0) is 13.8. The monoisotopic (exact) mass is 236 g/mol. The van der Waals surface area contributed by atoms with E-state index in [-0.39, 0.29) is 23.9 Å². The molecule has 3 nitrogen and oxygen atoms in total. The van der Waals surface area contributed by atoms with Gasteiger partial charge in [-0.05, 0) is 20.4 Å². The number of hydrogen-bond acceptors (Lipinski definition) is 2. The Hall–Kier alpha value is -0.765. The number of hydrogen-bond donors (Lipinski definition) is 0. The Morgan fingerprint density at radius 1 is 1.35 bits per heavy atom. The van der Waals surface area contributed by atoms with E-state index >= 15 is 0 Å². The van der Waals surface area contributed by atoms with Crippen LogP contribution < -0.4 is 0 Å². The minimum atomic E-state index is -0.162. The van der Waals surface area contributed by atoms with Gasteiger partial charge in [-0.3, -0.25) is 4.79 Å². The first-order valence-corrected chi connectivity index (χ1v) is 6.27. The molecule has 4 heteroatoms. The number of rotatable bonds is 1. The molecular formula is C13H25BN2O. The molecule has 96 valence electrons. The third kappa shape index (κ3) is 3.88. The third-order valence-corrected chi connectivity index (χ3v) is 2.79. The summed E-state index contributed by atoms with van der Waals surface area (Å²) < 4.78 is 0. The van der Waals surface area contributed by atoms with Gasteiger partial charge in [-0.25, -0.2) is 0 Å². The highest BCUT2D eigenvalue weighted by atomic mass is 16.2. The van der Waals surface area contributed by atoms with Gasteiger partial charge in [-0.1, -0.05) is 34.3 Å². The Kier molecular flexibility index (Phi) is 5.96. The van der Waals surface area contributed by atoms with Gasteiger partial charge in [0, 0.05) is 17.2 Å². The summed E-state index contributed by atoms with van der Waals surface area (Å²) in [6.45, 7) is 17.1. The van der Waals surface area contributed by atoms with Crippen molar-refractivity contribution < 1.29 is 4.79 Å². The smallest absolute Gasteiger partial charge is 0.240 e. The molecule has 1 fully saturated rings. The average Bonchev–Trinajstić information content (AvgIpc) is 2.25. The van der Waals surface area contributed by atoms with Crippen molar-refractivity contribution in [3.63, 3.8) is 0 Å². The topological polar surface area (TPSA) is 23.6 Å². The highest BCUT2D eigenvalue weighted by molar-refractivity contribution is 6.06. The van der Waals surface area contributed by atoms with Gasteiger partial charge in [-0.15, -0.1) is 0 Å². The fraction of sp³-hybridized carbons (Fsp3) is 0.769. The summed E-state index contributed by atoms with van der Waals surface area (Å²) in [5.74, 6) is 0.0306. The lowest BCUT2D eigenvalue weighted by Gasteiger charge is -2.35. The van der Waals surface area contributed by atoms with Gasteiger partial charge >= 0.3 is 0 Å². The molecule has 0 saturated carbocycles. The maximum absolute atomic E-state index is 11.9. The molecule has 0 unspecified atom stereocenters. The van der Waals surface area contributed by atoms with E-state index in [2.05, 4.69) is 20.4 Å². The lowest BCUT2D eigenvalue weighted by molar-refractivity contribution is -0.130. The van der Waals surface area contributed by atoms with Crippen molar-refractivity contribution in [2.75, 3.05) is 13.1 Å². The fourth-order valence-corrected chi connectivity index (χ4v) is 1.98. The Balaban J connectivity index is 0.00000121. The minimum Gasteiger partial charge on any atom is -0.345 e. The van der Waals surface area contributed by atoms with E-state index in [4.69, 9.17) is 7.98 Å².